The van der Waals surface area contributed by atoms with Crippen molar-refractivity contribution in [2.75, 3.05) is 0 Å². The summed E-state index contributed by atoms with van der Waals surface area (Å²) >= 11 is 0. The Bertz CT molecular complexity index is 423. The van der Waals surface area contributed by atoms with Gasteiger partial charge in [0.15, 0.2) is 0 Å². The largest absolute Gasteiger partial charge is 0.393 e. The normalized spacial score (nSPS) is 48.9. The van der Waals surface area contributed by atoms with Gasteiger partial charge in [-0.1, -0.05) is 0 Å². The van der Waals surface area contributed by atoms with Crippen molar-refractivity contribution in [3.05, 3.63) is 0 Å². The molecule has 2 aliphatic carbocycles. The Morgan fingerprint density at radius 3 is 1.17 bits per heavy atom. The molecule has 2 saturated heterocycles. The first-order valence-electron chi connectivity index (χ1n) is 6.09. The molecule has 6 heteroatoms. The van der Waals surface area contributed by atoms with Crippen molar-refractivity contribution in [1.29, 1.82) is 0 Å². The van der Waals surface area contributed by atoms with E-state index in [0.29, 0.717) is 12.8 Å². The van der Waals surface area contributed by atoms with Gasteiger partial charge in [0.2, 0.25) is 0 Å². The van der Waals surface area contributed by atoms with Crippen LogP contribution >= 0.6 is 0 Å². The van der Waals surface area contributed by atoms with Crippen LogP contribution in [0.5, 0.6) is 0 Å². The first-order valence-corrected chi connectivity index (χ1v) is 6.09. The number of carbonyl (C=O) groups excluding carboxylic acids is 4. The summed E-state index contributed by atoms with van der Waals surface area (Å²) in [6.45, 7) is 0. The monoisotopic (exact) mass is 250 g/mol. The highest BCUT2D eigenvalue weighted by Gasteiger charge is 2.67. The van der Waals surface area contributed by atoms with E-state index in [9.17, 15) is 19.2 Å². The molecule has 0 aromatic heterocycles. The maximum Gasteiger partial charge on any atom is 0.316 e. The Morgan fingerprint density at radius 1 is 0.611 bits per heavy atom. The second-order valence-corrected chi connectivity index (χ2v) is 5.53. The number of fused-ring (bicyclic) bond motifs is 9. The smallest absolute Gasteiger partial charge is 0.316 e. The molecular weight excluding hydrogens is 240 g/mol. The van der Waals surface area contributed by atoms with Gasteiger partial charge < -0.3 is 9.47 Å². The zero-order valence-corrected chi connectivity index (χ0v) is 9.33. The molecule has 6 atom stereocenters. The molecule has 0 amide bonds. The topological polar surface area (TPSA) is 86.7 Å². The molecule has 4 fully saturated rings. The Kier molecular flexibility index (Phi) is 1.70. The fraction of sp³-hybridized carbons (Fsp3) is 0.667. The minimum absolute atomic E-state index is 0.252. The van der Waals surface area contributed by atoms with Crippen molar-refractivity contribution in [3.8, 4) is 0 Å². The molecule has 0 aromatic rings. The van der Waals surface area contributed by atoms with E-state index in [0.717, 1.165) is 0 Å². The second kappa shape index (κ2) is 2.99. The highest BCUT2D eigenvalue weighted by molar-refractivity contribution is 5.97. The lowest BCUT2D eigenvalue weighted by atomic mass is 9.84. The van der Waals surface area contributed by atoms with E-state index in [1.54, 1.807) is 0 Å². The Balaban J connectivity index is 1.83. The average molecular weight is 250 g/mol. The molecule has 94 valence electrons. The molecule has 2 heterocycles. The van der Waals surface area contributed by atoms with Gasteiger partial charge in [0.25, 0.3) is 0 Å². The van der Waals surface area contributed by atoms with Crippen LogP contribution in [0.15, 0.2) is 0 Å². The van der Waals surface area contributed by atoms with Crippen LogP contribution in [-0.4, -0.2) is 23.9 Å². The van der Waals surface area contributed by atoms with E-state index >= 15 is 0 Å². The molecule has 2 aliphatic heterocycles. The third kappa shape index (κ3) is 0.996. The maximum atomic E-state index is 11.7. The molecule has 5 unspecified atom stereocenters. The summed E-state index contributed by atoms with van der Waals surface area (Å²) < 4.78 is 9.41. The molecule has 2 saturated carbocycles. The SMILES string of the molecule is O=C1OC(=O)C2CC1C1C3C[C@@H](C(=O)OC3=O)C21. The van der Waals surface area contributed by atoms with Crippen molar-refractivity contribution in [2.45, 2.75) is 12.8 Å². The third-order valence-corrected chi connectivity index (χ3v) is 4.93. The van der Waals surface area contributed by atoms with E-state index in [1.807, 2.05) is 0 Å². The summed E-state index contributed by atoms with van der Waals surface area (Å²) in [5, 5.41) is 0. The minimum Gasteiger partial charge on any atom is -0.393 e. The van der Waals surface area contributed by atoms with Gasteiger partial charge in [0, 0.05) is 0 Å². The predicted molar refractivity (Wildman–Crippen MR) is 52.4 cm³/mol. The highest BCUT2D eigenvalue weighted by Crippen LogP contribution is 2.60. The van der Waals surface area contributed by atoms with Gasteiger partial charge in [0.05, 0.1) is 23.7 Å². The van der Waals surface area contributed by atoms with Crippen LogP contribution in [0.1, 0.15) is 12.8 Å². The molecule has 4 aliphatic rings. The fourth-order valence-corrected chi connectivity index (χ4v) is 4.32. The first kappa shape index (κ1) is 10.2. The van der Waals surface area contributed by atoms with E-state index < -0.39 is 47.5 Å². The lowest BCUT2D eigenvalue weighted by Gasteiger charge is -2.25. The van der Waals surface area contributed by atoms with Gasteiger partial charge in [-0.25, -0.2) is 0 Å². The lowest BCUT2D eigenvalue weighted by molar-refractivity contribution is -0.173. The van der Waals surface area contributed by atoms with Gasteiger partial charge >= 0.3 is 23.9 Å². The van der Waals surface area contributed by atoms with Crippen molar-refractivity contribution in [1.82, 2.24) is 0 Å². The van der Waals surface area contributed by atoms with Crippen LogP contribution in [0.25, 0.3) is 0 Å². The van der Waals surface area contributed by atoms with Crippen LogP contribution in [0.3, 0.4) is 0 Å². The zero-order chi connectivity index (χ0) is 12.6. The number of cyclic esters (lactones) is 4. The molecule has 0 radical (unpaired) electrons. The van der Waals surface area contributed by atoms with Crippen LogP contribution in [0, 0.1) is 35.5 Å². The highest BCUT2D eigenvalue weighted by atomic mass is 16.6. The van der Waals surface area contributed by atoms with E-state index in [4.69, 9.17) is 9.47 Å². The standard InChI is InChI=1S/C12H10O6/c13-9-3-1-4(10(14)17-9)8-6-2-5(7(3)8)11(15)18-12(6)16/h3-8H,1-2H2/t3-,4?,5?,6?,7?,8?/m1/s1. The van der Waals surface area contributed by atoms with Crippen molar-refractivity contribution >= 4 is 23.9 Å². The van der Waals surface area contributed by atoms with E-state index in [1.165, 1.54) is 0 Å². The number of ether oxygens (including phenoxy) is 2. The third-order valence-electron chi connectivity index (χ3n) is 4.93. The minimum atomic E-state index is -0.545. The van der Waals surface area contributed by atoms with Gasteiger partial charge in [-0.3, -0.25) is 19.2 Å². The Morgan fingerprint density at radius 2 is 0.889 bits per heavy atom. The van der Waals surface area contributed by atoms with Crippen LogP contribution in [0.2, 0.25) is 0 Å². The summed E-state index contributed by atoms with van der Waals surface area (Å²) in [6, 6.07) is 0. The summed E-state index contributed by atoms with van der Waals surface area (Å²) in [6.07, 6.45) is 0.834. The summed E-state index contributed by atoms with van der Waals surface area (Å²) in [7, 11) is 0. The zero-order valence-electron chi connectivity index (χ0n) is 9.33. The number of carbonyl (C=O) groups is 4. The van der Waals surface area contributed by atoms with Crippen LogP contribution in [-0.2, 0) is 28.7 Å². The van der Waals surface area contributed by atoms with Crippen LogP contribution < -0.4 is 0 Å². The van der Waals surface area contributed by atoms with Crippen LogP contribution in [0.4, 0.5) is 0 Å². The van der Waals surface area contributed by atoms with Crippen molar-refractivity contribution in [3.63, 3.8) is 0 Å². The number of rotatable bonds is 0. The van der Waals surface area contributed by atoms with Gasteiger partial charge in [-0.05, 0) is 24.7 Å². The van der Waals surface area contributed by atoms with Crippen molar-refractivity contribution in [2.24, 2.45) is 35.5 Å². The predicted octanol–water partition coefficient (Wildman–Crippen LogP) is -0.342. The quantitative estimate of drug-likeness (QED) is 0.332. The number of esters is 4. The Labute approximate surface area is 102 Å². The van der Waals surface area contributed by atoms with Gasteiger partial charge in [-0.2, -0.15) is 0 Å². The molecule has 0 N–H and O–H groups in total. The molecule has 0 aromatic carbocycles. The summed E-state index contributed by atoms with van der Waals surface area (Å²) in [4.78, 5) is 46.8. The summed E-state index contributed by atoms with van der Waals surface area (Å²) in [5.41, 5.74) is 0. The molecule has 4 bridgehead atoms. The van der Waals surface area contributed by atoms with E-state index in [-0.39, 0.29) is 11.8 Å². The van der Waals surface area contributed by atoms with E-state index in [2.05, 4.69) is 0 Å². The maximum absolute atomic E-state index is 11.7. The molecule has 4 rings (SSSR count). The molecule has 6 nitrogen and oxygen atoms in total. The lowest BCUT2D eigenvalue weighted by Crippen LogP contribution is -2.38. The van der Waals surface area contributed by atoms with Gasteiger partial charge in [-0.15, -0.1) is 0 Å². The van der Waals surface area contributed by atoms with Gasteiger partial charge in [0.1, 0.15) is 0 Å². The Hall–Kier alpha value is -1.72. The number of hydrogen-bond donors (Lipinski definition) is 0. The first-order chi connectivity index (χ1) is 8.58. The number of hydrogen-bond acceptors (Lipinski definition) is 6. The molecular formula is C12H10O6. The molecule has 0 spiro atoms. The van der Waals surface area contributed by atoms with Crippen molar-refractivity contribution < 1.29 is 28.7 Å². The second-order valence-electron chi connectivity index (χ2n) is 5.53. The molecule has 18 heavy (non-hydrogen) atoms. The summed E-state index contributed by atoms with van der Waals surface area (Å²) in [5.74, 6) is -4.38. The average Bonchev–Trinajstić information content (AvgIpc) is 2.79. The fourth-order valence-electron chi connectivity index (χ4n) is 4.32.